The first kappa shape index (κ1) is 20.5. The molecule has 0 heterocycles. The summed E-state index contributed by atoms with van der Waals surface area (Å²) < 4.78 is 137. The molecular formula is C9HClF7NO4S2. The third-order valence-corrected chi connectivity index (χ3v) is 5.90. The van der Waals surface area contributed by atoms with Crippen LogP contribution < -0.4 is 0 Å². The zero-order valence-electron chi connectivity index (χ0n) is 10.5. The van der Waals surface area contributed by atoms with Crippen LogP contribution in [0.1, 0.15) is 5.56 Å². The van der Waals surface area contributed by atoms with E-state index < -0.39 is 63.4 Å². The number of nitriles is 1. The molecule has 5 nitrogen and oxygen atoms in total. The van der Waals surface area contributed by atoms with Gasteiger partial charge in [0.05, 0.1) is 0 Å². The van der Waals surface area contributed by atoms with Crippen molar-refractivity contribution < 1.29 is 47.6 Å². The molecular weight excluding hydrogens is 419 g/mol. The van der Waals surface area contributed by atoms with Crippen molar-refractivity contribution in [3.8, 4) is 6.07 Å². The van der Waals surface area contributed by atoms with Gasteiger partial charge < -0.3 is 0 Å². The van der Waals surface area contributed by atoms with Gasteiger partial charge in [-0.15, -0.1) is 0 Å². The van der Waals surface area contributed by atoms with Crippen LogP contribution in [0.15, 0.2) is 11.0 Å². The third kappa shape index (κ3) is 2.70. The lowest BCUT2D eigenvalue weighted by atomic mass is 10.2. The molecule has 0 saturated carbocycles. The number of alkyl halides is 4. The third-order valence-electron chi connectivity index (χ3n) is 2.51. The molecule has 0 N–H and O–H groups in total. The number of benzene rings is 1. The minimum absolute atomic E-state index is 0.670. The lowest BCUT2D eigenvalue weighted by molar-refractivity contribution is -0.0953. The summed E-state index contributed by atoms with van der Waals surface area (Å²) in [4.78, 5) is -2.62. The van der Waals surface area contributed by atoms with Gasteiger partial charge in [-0.3, -0.25) is 0 Å². The largest absolute Gasteiger partial charge is 0.436 e. The number of hydrogen-bond acceptors (Lipinski definition) is 5. The Morgan fingerprint density at radius 3 is 1.79 bits per heavy atom. The first-order chi connectivity index (χ1) is 10.5. The topological polar surface area (TPSA) is 92.1 Å². The Morgan fingerprint density at radius 2 is 1.42 bits per heavy atom. The van der Waals surface area contributed by atoms with Gasteiger partial charge in [0.1, 0.15) is 22.3 Å². The molecule has 0 amide bonds. The summed E-state index contributed by atoms with van der Waals surface area (Å²) in [6.45, 7) is 0. The standard InChI is InChI=1S/C9HClF7NO4S2/c10-24(21,22)9(16,17)8(14,15)23(19,20)5-1-4(11)3(2-18)6(12)7(5)13/h1H. The molecule has 134 valence electrons. The maximum absolute atomic E-state index is 13.5. The molecule has 0 saturated heterocycles. The predicted molar refractivity (Wildman–Crippen MR) is 62.9 cm³/mol. The summed E-state index contributed by atoms with van der Waals surface area (Å²) in [5.74, 6) is -7.50. The van der Waals surface area contributed by atoms with Crippen LogP contribution in [0.4, 0.5) is 30.7 Å². The molecule has 0 aromatic heterocycles. The van der Waals surface area contributed by atoms with E-state index in [1.54, 1.807) is 0 Å². The normalized spacial score (nSPS) is 13.6. The van der Waals surface area contributed by atoms with Crippen molar-refractivity contribution in [2.24, 2.45) is 0 Å². The second-order valence-corrected chi connectivity index (χ2v) is 8.51. The average Bonchev–Trinajstić information content (AvgIpc) is 2.41. The monoisotopic (exact) mass is 419 g/mol. The first-order valence-corrected chi connectivity index (χ1v) is 8.85. The van der Waals surface area contributed by atoms with Gasteiger partial charge in [-0.25, -0.2) is 30.0 Å². The molecule has 1 aromatic carbocycles. The minimum Gasteiger partial charge on any atom is -0.217 e. The molecule has 1 rings (SSSR count). The van der Waals surface area contributed by atoms with Crippen molar-refractivity contribution >= 4 is 29.6 Å². The molecule has 0 fully saturated rings. The van der Waals surface area contributed by atoms with E-state index in [0.29, 0.717) is 0 Å². The van der Waals surface area contributed by atoms with Gasteiger partial charge in [0.2, 0.25) is 0 Å². The van der Waals surface area contributed by atoms with Crippen LogP contribution in [0.25, 0.3) is 0 Å². The summed E-state index contributed by atoms with van der Waals surface area (Å²) in [5, 5.41) is -4.75. The number of nitrogens with zero attached hydrogens (tertiary/aromatic N) is 1. The van der Waals surface area contributed by atoms with Crippen LogP contribution in [0.2, 0.25) is 0 Å². The number of rotatable bonds is 4. The predicted octanol–water partition coefficient (Wildman–Crippen LogP) is 2.50. The lowest BCUT2D eigenvalue weighted by Crippen LogP contribution is -2.50. The van der Waals surface area contributed by atoms with Crippen molar-refractivity contribution in [1.29, 1.82) is 5.26 Å². The zero-order chi connectivity index (χ0) is 19.3. The maximum Gasteiger partial charge on any atom is 0.436 e. The highest BCUT2D eigenvalue weighted by Gasteiger charge is 2.73. The van der Waals surface area contributed by atoms with Gasteiger partial charge in [-0.1, -0.05) is 0 Å². The Balaban J connectivity index is 3.85. The van der Waals surface area contributed by atoms with Gasteiger partial charge in [-0.2, -0.15) is 22.8 Å². The van der Waals surface area contributed by atoms with Crippen molar-refractivity contribution in [2.75, 3.05) is 0 Å². The van der Waals surface area contributed by atoms with Crippen LogP contribution in [-0.2, 0) is 18.9 Å². The van der Waals surface area contributed by atoms with Crippen LogP contribution in [0, 0.1) is 28.8 Å². The van der Waals surface area contributed by atoms with E-state index in [-0.39, 0.29) is 0 Å². The molecule has 0 atom stereocenters. The molecule has 0 aliphatic heterocycles. The fourth-order valence-electron chi connectivity index (χ4n) is 1.31. The highest BCUT2D eigenvalue weighted by atomic mass is 35.7. The van der Waals surface area contributed by atoms with Crippen molar-refractivity contribution in [3.05, 3.63) is 29.1 Å². The van der Waals surface area contributed by atoms with E-state index in [0.717, 1.165) is 6.07 Å². The Bertz CT molecular complexity index is 953. The number of hydrogen-bond donors (Lipinski definition) is 0. The van der Waals surface area contributed by atoms with E-state index in [1.165, 1.54) is 0 Å². The second-order valence-electron chi connectivity index (χ2n) is 3.95. The maximum atomic E-state index is 13.5. The van der Waals surface area contributed by atoms with Crippen molar-refractivity contribution in [2.45, 2.75) is 15.4 Å². The summed E-state index contributed by atoms with van der Waals surface area (Å²) in [6.07, 6.45) is 0. The molecule has 0 unspecified atom stereocenters. The molecule has 0 spiro atoms. The molecule has 0 bridgehead atoms. The van der Waals surface area contributed by atoms with Crippen LogP contribution in [0.3, 0.4) is 0 Å². The SMILES string of the molecule is N#Cc1c(F)cc(S(=O)(=O)C(F)(F)C(F)(F)S(=O)(=O)Cl)c(F)c1F. The lowest BCUT2D eigenvalue weighted by Gasteiger charge is -2.23. The average molecular weight is 420 g/mol. The minimum atomic E-state index is -6.99. The van der Waals surface area contributed by atoms with Gasteiger partial charge in [0, 0.05) is 10.7 Å². The van der Waals surface area contributed by atoms with Crippen molar-refractivity contribution in [1.82, 2.24) is 0 Å². The van der Waals surface area contributed by atoms with Crippen LogP contribution in [0.5, 0.6) is 0 Å². The smallest absolute Gasteiger partial charge is 0.217 e. The van der Waals surface area contributed by atoms with Gasteiger partial charge in [0.25, 0.3) is 9.84 Å². The van der Waals surface area contributed by atoms with Crippen molar-refractivity contribution in [3.63, 3.8) is 0 Å². The van der Waals surface area contributed by atoms with E-state index in [4.69, 9.17) is 5.26 Å². The molecule has 1 aromatic rings. The summed E-state index contributed by atoms with van der Waals surface area (Å²) in [5.41, 5.74) is -1.72. The Labute approximate surface area is 133 Å². The van der Waals surface area contributed by atoms with Crippen LogP contribution in [-0.4, -0.2) is 27.3 Å². The highest BCUT2D eigenvalue weighted by Crippen LogP contribution is 2.47. The molecule has 24 heavy (non-hydrogen) atoms. The Kier molecular flexibility index (Phi) is 4.89. The quantitative estimate of drug-likeness (QED) is 0.425. The summed E-state index contributed by atoms with van der Waals surface area (Å²) in [6, 6.07) is 0.0693. The van der Waals surface area contributed by atoms with Crippen LogP contribution >= 0.6 is 10.7 Å². The zero-order valence-corrected chi connectivity index (χ0v) is 12.9. The molecule has 15 heteroatoms. The van der Waals surface area contributed by atoms with E-state index in [2.05, 4.69) is 10.7 Å². The summed E-state index contributed by atoms with van der Waals surface area (Å²) >= 11 is 0. The molecule has 0 aliphatic rings. The first-order valence-electron chi connectivity index (χ1n) is 5.06. The van der Waals surface area contributed by atoms with Gasteiger partial charge in [0.15, 0.2) is 11.6 Å². The number of sulfone groups is 1. The molecule has 0 aliphatic carbocycles. The highest BCUT2D eigenvalue weighted by molar-refractivity contribution is 8.15. The van der Waals surface area contributed by atoms with E-state index >= 15 is 0 Å². The Morgan fingerprint density at radius 1 is 0.958 bits per heavy atom. The number of halogens is 8. The van der Waals surface area contributed by atoms with E-state index in [1.807, 2.05) is 0 Å². The fourth-order valence-corrected chi connectivity index (χ4v) is 3.85. The molecule has 0 radical (unpaired) electrons. The van der Waals surface area contributed by atoms with Gasteiger partial charge >= 0.3 is 19.6 Å². The fraction of sp³-hybridized carbons (Fsp3) is 0.222. The van der Waals surface area contributed by atoms with Gasteiger partial charge in [-0.05, 0) is 6.07 Å². The Hall–Kier alpha value is -1.59. The summed E-state index contributed by atoms with van der Waals surface area (Å²) in [7, 11) is -9.50. The second kappa shape index (κ2) is 5.74. The van der Waals surface area contributed by atoms with E-state index in [9.17, 15) is 47.6 Å².